The molecule has 0 spiro atoms. The molecule has 0 amide bonds. The van der Waals surface area contributed by atoms with Gasteiger partial charge in [0.05, 0.1) is 18.0 Å². The molecule has 1 heterocycles. The highest BCUT2D eigenvalue weighted by Crippen LogP contribution is 2.23. The van der Waals surface area contributed by atoms with Crippen LogP contribution in [0, 0.1) is 0 Å². The molecule has 0 saturated carbocycles. The van der Waals surface area contributed by atoms with E-state index in [1.807, 2.05) is 7.05 Å². The van der Waals surface area contributed by atoms with E-state index in [4.69, 9.17) is 5.11 Å². The zero-order chi connectivity index (χ0) is 10.1. The van der Waals surface area contributed by atoms with Crippen molar-refractivity contribution in [1.82, 2.24) is 9.78 Å². The number of carbonyl (C=O) groups is 1. The van der Waals surface area contributed by atoms with E-state index in [0.29, 0.717) is 17.6 Å². The highest BCUT2D eigenvalue weighted by Gasteiger charge is 2.22. The third-order valence-corrected chi connectivity index (χ3v) is 2.61. The summed E-state index contributed by atoms with van der Waals surface area (Å²) in [5, 5.41) is 13.0. The molecule has 1 aliphatic rings. The summed E-state index contributed by atoms with van der Waals surface area (Å²) in [4.78, 5) is 11.8. The van der Waals surface area contributed by atoms with Gasteiger partial charge < -0.3 is 5.11 Å². The van der Waals surface area contributed by atoms with E-state index in [2.05, 4.69) is 5.10 Å². The fourth-order valence-corrected chi connectivity index (χ4v) is 1.80. The van der Waals surface area contributed by atoms with Crippen LogP contribution in [0.5, 0.6) is 0 Å². The van der Waals surface area contributed by atoms with E-state index < -0.39 is 0 Å². The molecule has 1 N–H and O–H groups in total. The van der Waals surface area contributed by atoms with Crippen LogP contribution in [0.1, 0.15) is 28.9 Å². The number of allylic oxidation sites excluding steroid dienone is 1. The molecule has 14 heavy (non-hydrogen) atoms. The lowest BCUT2D eigenvalue weighted by molar-refractivity contribution is 0.102. The maximum Gasteiger partial charge on any atom is 0.195 e. The summed E-state index contributed by atoms with van der Waals surface area (Å²) in [6.45, 7) is 0. The summed E-state index contributed by atoms with van der Waals surface area (Å²) in [5.74, 6) is -0.0897. The second-order valence-corrected chi connectivity index (χ2v) is 3.47. The first-order valence-electron chi connectivity index (χ1n) is 4.63. The van der Waals surface area contributed by atoms with E-state index in [-0.39, 0.29) is 5.78 Å². The Balaban J connectivity index is 2.51. The molecule has 0 radical (unpaired) electrons. The highest BCUT2D eigenvalue weighted by molar-refractivity contribution is 6.09. The Kier molecular flexibility index (Phi) is 2.11. The standard InChI is InChI=1S/C10H12N2O2/c1-12-9-4-2-3-7(6-13)10(14)8(9)5-11-12/h5-6,13H,2-4H2,1H3. The molecule has 1 aromatic rings. The molecular weight excluding hydrogens is 180 g/mol. The van der Waals surface area contributed by atoms with Crippen molar-refractivity contribution in [2.75, 3.05) is 0 Å². The van der Waals surface area contributed by atoms with Gasteiger partial charge in [-0.25, -0.2) is 0 Å². The van der Waals surface area contributed by atoms with Gasteiger partial charge in [-0.05, 0) is 19.3 Å². The first-order chi connectivity index (χ1) is 6.74. The van der Waals surface area contributed by atoms with Crippen molar-refractivity contribution in [3.63, 3.8) is 0 Å². The Morgan fingerprint density at radius 1 is 1.57 bits per heavy atom. The van der Waals surface area contributed by atoms with Crippen molar-refractivity contribution in [1.29, 1.82) is 0 Å². The third-order valence-electron chi connectivity index (χ3n) is 2.61. The highest BCUT2D eigenvalue weighted by atomic mass is 16.2. The fraction of sp³-hybridized carbons (Fsp3) is 0.400. The minimum atomic E-state index is -0.0897. The van der Waals surface area contributed by atoms with Crippen molar-refractivity contribution >= 4 is 5.78 Å². The van der Waals surface area contributed by atoms with Crippen LogP contribution < -0.4 is 0 Å². The number of fused-ring (bicyclic) bond motifs is 1. The van der Waals surface area contributed by atoms with Crippen LogP contribution in [0.25, 0.3) is 0 Å². The van der Waals surface area contributed by atoms with Gasteiger partial charge in [0, 0.05) is 18.3 Å². The topological polar surface area (TPSA) is 55.1 Å². The fourth-order valence-electron chi connectivity index (χ4n) is 1.80. The van der Waals surface area contributed by atoms with Crippen LogP contribution in [0.4, 0.5) is 0 Å². The average molecular weight is 192 g/mol. The van der Waals surface area contributed by atoms with Crippen LogP contribution in [-0.2, 0) is 13.5 Å². The van der Waals surface area contributed by atoms with Crippen LogP contribution in [-0.4, -0.2) is 20.7 Å². The Labute approximate surface area is 81.9 Å². The molecule has 4 nitrogen and oxygen atoms in total. The second-order valence-electron chi connectivity index (χ2n) is 3.47. The van der Waals surface area contributed by atoms with Crippen LogP contribution >= 0.6 is 0 Å². The van der Waals surface area contributed by atoms with Crippen molar-refractivity contribution in [2.45, 2.75) is 19.3 Å². The van der Waals surface area contributed by atoms with Crippen molar-refractivity contribution < 1.29 is 9.90 Å². The van der Waals surface area contributed by atoms with E-state index >= 15 is 0 Å². The van der Waals surface area contributed by atoms with Crippen LogP contribution in [0.2, 0.25) is 0 Å². The first-order valence-corrected chi connectivity index (χ1v) is 4.63. The lowest BCUT2D eigenvalue weighted by Gasteiger charge is -1.98. The summed E-state index contributed by atoms with van der Waals surface area (Å²) < 4.78 is 1.73. The molecule has 2 rings (SSSR count). The van der Waals surface area contributed by atoms with Gasteiger partial charge in [0.25, 0.3) is 0 Å². The number of aromatic nitrogens is 2. The maximum atomic E-state index is 11.8. The molecule has 4 heteroatoms. The van der Waals surface area contributed by atoms with Gasteiger partial charge in [-0.2, -0.15) is 5.10 Å². The molecular formula is C10H12N2O2. The first kappa shape index (κ1) is 8.99. The molecule has 0 bridgehead atoms. The largest absolute Gasteiger partial charge is 0.515 e. The predicted molar refractivity (Wildman–Crippen MR) is 51.2 cm³/mol. The Morgan fingerprint density at radius 3 is 3.07 bits per heavy atom. The quantitative estimate of drug-likeness (QED) is 0.384. The minimum absolute atomic E-state index is 0.0897. The van der Waals surface area contributed by atoms with Crippen LogP contribution in [0.3, 0.4) is 0 Å². The second kappa shape index (κ2) is 3.29. The van der Waals surface area contributed by atoms with Crippen molar-refractivity contribution in [3.05, 3.63) is 29.3 Å². The summed E-state index contributed by atoms with van der Waals surface area (Å²) in [5.41, 5.74) is 2.08. The monoisotopic (exact) mass is 192 g/mol. The zero-order valence-corrected chi connectivity index (χ0v) is 8.03. The molecule has 0 atom stereocenters. The molecule has 0 aliphatic heterocycles. The summed E-state index contributed by atoms with van der Waals surface area (Å²) in [7, 11) is 1.83. The van der Waals surface area contributed by atoms with Crippen molar-refractivity contribution in [3.8, 4) is 0 Å². The van der Waals surface area contributed by atoms with Gasteiger partial charge in [0.1, 0.15) is 0 Å². The number of rotatable bonds is 0. The van der Waals surface area contributed by atoms with E-state index in [9.17, 15) is 4.79 Å². The summed E-state index contributed by atoms with van der Waals surface area (Å²) >= 11 is 0. The molecule has 1 aliphatic carbocycles. The maximum absolute atomic E-state index is 11.8. The summed E-state index contributed by atoms with van der Waals surface area (Å²) in [6, 6.07) is 0. The lowest BCUT2D eigenvalue weighted by Crippen LogP contribution is -2.03. The van der Waals surface area contributed by atoms with Crippen molar-refractivity contribution in [2.24, 2.45) is 7.05 Å². The number of hydrogen-bond donors (Lipinski definition) is 1. The predicted octanol–water partition coefficient (Wildman–Crippen LogP) is 1.38. The molecule has 0 unspecified atom stereocenters. The number of aryl methyl sites for hydroxylation is 1. The van der Waals surface area contributed by atoms with Gasteiger partial charge >= 0.3 is 0 Å². The van der Waals surface area contributed by atoms with Gasteiger partial charge in [0.15, 0.2) is 5.78 Å². The van der Waals surface area contributed by atoms with Gasteiger partial charge in [-0.15, -0.1) is 0 Å². The third kappa shape index (κ3) is 1.23. The number of hydrogen-bond acceptors (Lipinski definition) is 3. The van der Waals surface area contributed by atoms with Gasteiger partial charge in [-0.3, -0.25) is 9.48 Å². The van der Waals surface area contributed by atoms with Gasteiger partial charge in [0.2, 0.25) is 0 Å². The molecule has 74 valence electrons. The lowest BCUT2D eigenvalue weighted by atomic mass is 10.1. The molecule has 1 aromatic heterocycles. The average Bonchev–Trinajstić information content (AvgIpc) is 2.45. The number of carbonyl (C=O) groups excluding carboxylic acids is 1. The smallest absolute Gasteiger partial charge is 0.195 e. The number of Topliss-reactive ketones (excluding diaryl/α,β-unsaturated/α-hetero) is 1. The normalized spacial score (nSPS) is 19.5. The van der Waals surface area contributed by atoms with E-state index in [1.165, 1.54) is 0 Å². The Bertz CT molecular complexity index is 404. The Hall–Kier alpha value is -1.58. The molecule has 0 saturated heterocycles. The Morgan fingerprint density at radius 2 is 2.36 bits per heavy atom. The molecule has 0 fully saturated rings. The summed E-state index contributed by atoms with van der Waals surface area (Å²) in [6.07, 6.45) is 4.86. The number of ketones is 1. The number of aliphatic hydroxyl groups excluding tert-OH is 1. The zero-order valence-electron chi connectivity index (χ0n) is 8.03. The molecule has 0 aromatic carbocycles. The number of nitrogens with zero attached hydrogens (tertiary/aromatic N) is 2. The van der Waals surface area contributed by atoms with E-state index in [0.717, 1.165) is 24.8 Å². The minimum Gasteiger partial charge on any atom is -0.515 e. The van der Waals surface area contributed by atoms with Crippen LogP contribution in [0.15, 0.2) is 18.0 Å². The van der Waals surface area contributed by atoms with Gasteiger partial charge in [-0.1, -0.05) is 0 Å². The SMILES string of the molecule is Cn1ncc2c1CCCC(=CO)C2=O. The number of aliphatic hydroxyl groups is 1. The van der Waals surface area contributed by atoms with E-state index in [1.54, 1.807) is 10.9 Å².